The van der Waals surface area contributed by atoms with E-state index in [1.807, 2.05) is 18.5 Å². The molecular weight excluding hydrogens is 176 g/mol. The van der Waals surface area contributed by atoms with Crippen LogP contribution >= 0.6 is 0 Å². The quantitative estimate of drug-likeness (QED) is 0.718. The molecule has 0 spiro atoms. The Kier molecular flexibility index (Phi) is 4.07. The maximum absolute atomic E-state index is 4.29. The van der Waals surface area contributed by atoms with Crippen LogP contribution in [0.5, 0.6) is 0 Å². The van der Waals surface area contributed by atoms with Crippen molar-refractivity contribution in [3.05, 3.63) is 11.6 Å². The van der Waals surface area contributed by atoms with Crippen LogP contribution in [-0.2, 0) is 6.54 Å². The van der Waals surface area contributed by atoms with Crippen LogP contribution in [0.3, 0.4) is 0 Å². The molecule has 0 aliphatic rings. The third-order valence-electron chi connectivity index (χ3n) is 2.02. The second-order valence-electron chi connectivity index (χ2n) is 4.03. The molecule has 4 heteroatoms. The second kappa shape index (κ2) is 5.10. The molecule has 0 saturated carbocycles. The highest BCUT2D eigenvalue weighted by Crippen LogP contribution is 1.94. The Hall–Kier alpha value is -0.900. The third-order valence-corrected chi connectivity index (χ3v) is 2.02. The van der Waals surface area contributed by atoms with Crippen LogP contribution < -0.4 is 5.32 Å². The maximum atomic E-state index is 4.29. The smallest absolute Gasteiger partial charge is 0.147 e. The van der Waals surface area contributed by atoms with Crippen molar-refractivity contribution in [2.45, 2.75) is 34.2 Å². The van der Waals surface area contributed by atoms with Crippen LogP contribution in [-0.4, -0.2) is 27.9 Å². The van der Waals surface area contributed by atoms with Gasteiger partial charge in [-0.3, -0.25) is 0 Å². The summed E-state index contributed by atoms with van der Waals surface area (Å²) in [6, 6.07) is 0. The summed E-state index contributed by atoms with van der Waals surface area (Å²) in [6.45, 7) is 11.2. The molecule has 1 N–H and O–H groups in total. The third kappa shape index (κ3) is 3.46. The van der Waals surface area contributed by atoms with Gasteiger partial charge in [0.15, 0.2) is 0 Å². The van der Waals surface area contributed by atoms with Crippen molar-refractivity contribution < 1.29 is 0 Å². The molecule has 0 aliphatic heterocycles. The number of aromatic nitrogens is 3. The molecular formula is C10H20N4. The van der Waals surface area contributed by atoms with Crippen molar-refractivity contribution in [2.75, 3.05) is 13.1 Å². The van der Waals surface area contributed by atoms with E-state index in [2.05, 4.69) is 29.2 Å². The fourth-order valence-electron chi connectivity index (χ4n) is 1.35. The molecule has 1 aromatic heterocycles. The van der Waals surface area contributed by atoms with Crippen LogP contribution in [0.15, 0.2) is 0 Å². The Labute approximate surface area is 85.7 Å². The average molecular weight is 196 g/mol. The van der Waals surface area contributed by atoms with E-state index in [0.717, 1.165) is 31.3 Å². The number of aryl methyl sites for hydroxylation is 2. The topological polar surface area (TPSA) is 42.7 Å². The molecule has 0 bridgehead atoms. The lowest BCUT2D eigenvalue weighted by molar-refractivity contribution is 0.499. The zero-order valence-electron chi connectivity index (χ0n) is 9.54. The highest BCUT2D eigenvalue weighted by atomic mass is 15.3. The fourth-order valence-corrected chi connectivity index (χ4v) is 1.35. The lowest BCUT2D eigenvalue weighted by Crippen LogP contribution is -2.24. The Balaban J connectivity index is 2.28. The first kappa shape index (κ1) is 11.2. The predicted octanol–water partition coefficient (Wildman–Crippen LogP) is 1.14. The molecule has 0 aliphatic carbocycles. The second-order valence-corrected chi connectivity index (χ2v) is 4.03. The molecule has 0 aromatic carbocycles. The molecule has 0 amide bonds. The minimum atomic E-state index is 0.702. The van der Waals surface area contributed by atoms with Gasteiger partial charge in [0.25, 0.3) is 0 Å². The van der Waals surface area contributed by atoms with Crippen molar-refractivity contribution in [3.63, 3.8) is 0 Å². The van der Waals surface area contributed by atoms with E-state index in [-0.39, 0.29) is 0 Å². The van der Waals surface area contributed by atoms with Gasteiger partial charge in [-0.15, -0.1) is 0 Å². The molecule has 80 valence electrons. The zero-order chi connectivity index (χ0) is 10.6. The molecule has 14 heavy (non-hydrogen) atoms. The highest BCUT2D eigenvalue weighted by molar-refractivity contribution is 4.87. The van der Waals surface area contributed by atoms with Crippen LogP contribution in [0, 0.1) is 19.8 Å². The van der Waals surface area contributed by atoms with Crippen LogP contribution in [0.4, 0.5) is 0 Å². The van der Waals surface area contributed by atoms with Crippen LogP contribution in [0.2, 0.25) is 0 Å². The number of nitrogens with one attached hydrogen (secondary N) is 1. The fraction of sp³-hybridized carbons (Fsp3) is 0.800. The van der Waals surface area contributed by atoms with Gasteiger partial charge in [0, 0.05) is 6.54 Å². The van der Waals surface area contributed by atoms with E-state index in [0.29, 0.717) is 5.92 Å². The first-order chi connectivity index (χ1) is 6.59. The number of hydrogen-bond acceptors (Lipinski definition) is 3. The molecule has 0 fully saturated rings. The van der Waals surface area contributed by atoms with Gasteiger partial charge in [-0.1, -0.05) is 13.8 Å². The van der Waals surface area contributed by atoms with Crippen molar-refractivity contribution in [1.82, 2.24) is 20.1 Å². The Morgan fingerprint density at radius 1 is 1.36 bits per heavy atom. The molecule has 4 nitrogen and oxygen atoms in total. The summed E-state index contributed by atoms with van der Waals surface area (Å²) in [4.78, 5) is 4.25. The first-order valence-corrected chi connectivity index (χ1v) is 5.18. The highest BCUT2D eigenvalue weighted by Gasteiger charge is 2.01. The van der Waals surface area contributed by atoms with Gasteiger partial charge in [-0.2, -0.15) is 5.10 Å². The van der Waals surface area contributed by atoms with Gasteiger partial charge >= 0.3 is 0 Å². The number of hydrogen-bond donors (Lipinski definition) is 1. The van der Waals surface area contributed by atoms with Gasteiger partial charge in [0.2, 0.25) is 0 Å². The molecule has 0 radical (unpaired) electrons. The van der Waals surface area contributed by atoms with Crippen LogP contribution in [0.1, 0.15) is 25.5 Å². The Bertz CT molecular complexity index is 278. The van der Waals surface area contributed by atoms with Crippen molar-refractivity contribution in [2.24, 2.45) is 5.92 Å². The van der Waals surface area contributed by atoms with Gasteiger partial charge in [0.1, 0.15) is 11.6 Å². The van der Waals surface area contributed by atoms with Crippen molar-refractivity contribution >= 4 is 0 Å². The number of rotatable bonds is 5. The summed E-state index contributed by atoms with van der Waals surface area (Å²) in [5.74, 6) is 2.55. The maximum Gasteiger partial charge on any atom is 0.147 e. The van der Waals surface area contributed by atoms with Crippen LogP contribution in [0.25, 0.3) is 0 Å². The Morgan fingerprint density at radius 3 is 2.57 bits per heavy atom. The minimum Gasteiger partial charge on any atom is -0.315 e. The van der Waals surface area contributed by atoms with E-state index in [4.69, 9.17) is 0 Å². The Morgan fingerprint density at radius 2 is 2.07 bits per heavy atom. The number of nitrogens with zero attached hydrogens (tertiary/aromatic N) is 3. The summed E-state index contributed by atoms with van der Waals surface area (Å²) in [5.41, 5.74) is 0. The monoisotopic (exact) mass is 196 g/mol. The predicted molar refractivity (Wildman–Crippen MR) is 57.2 cm³/mol. The summed E-state index contributed by atoms with van der Waals surface area (Å²) < 4.78 is 1.95. The van der Waals surface area contributed by atoms with Gasteiger partial charge in [0.05, 0.1) is 6.54 Å². The summed E-state index contributed by atoms with van der Waals surface area (Å²) >= 11 is 0. The molecule has 1 heterocycles. The zero-order valence-corrected chi connectivity index (χ0v) is 9.54. The van der Waals surface area contributed by atoms with Crippen molar-refractivity contribution in [1.29, 1.82) is 0 Å². The summed E-state index contributed by atoms with van der Waals surface area (Å²) in [5, 5.41) is 7.67. The lowest BCUT2D eigenvalue weighted by atomic mass is 10.2. The molecule has 0 saturated heterocycles. The van der Waals surface area contributed by atoms with E-state index < -0.39 is 0 Å². The largest absolute Gasteiger partial charge is 0.315 e. The molecule has 0 unspecified atom stereocenters. The van der Waals surface area contributed by atoms with Gasteiger partial charge in [-0.05, 0) is 26.3 Å². The standard InChI is InChI=1S/C10H20N4/c1-8(2)7-11-5-6-14-10(4)12-9(3)13-14/h8,11H,5-7H2,1-4H3. The molecule has 0 atom stereocenters. The van der Waals surface area contributed by atoms with Crippen molar-refractivity contribution in [3.8, 4) is 0 Å². The summed E-state index contributed by atoms with van der Waals surface area (Å²) in [6.07, 6.45) is 0. The SMILES string of the molecule is Cc1nc(C)n(CCNCC(C)C)n1. The van der Waals surface area contributed by atoms with Gasteiger partial charge in [-0.25, -0.2) is 9.67 Å². The van der Waals surface area contributed by atoms with E-state index in [1.165, 1.54) is 0 Å². The first-order valence-electron chi connectivity index (χ1n) is 5.18. The minimum absolute atomic E-state index is 0.702. The summed E-state index contributed by atoms with van der Waals surface area (Å²) in [7, 11) is 0. The lowest BCUT2D eigenvalue weighted by Gasteiger charge is -2.07. The van der Waals surface area contributed by atoms with E-state index in [1.54, 1.807) is 0 Å². The normalized spacial score (nSPS) is 11.2. The van der Waals surface area contributed by atoms with E-state index >= 15 is 0 Å². The molecule has 1 rings (SSSR count). The average Bonchev–Trinajstić information content (AvgIpc) is 2.39. The van der Waals surface area contributed by atoms with Gasteiger partial charge < -0.3 is 5.32 Å². The molecule has 1 aromatic rings. The van der Waals surface area contributed by atoms with E-state index in [9.17, 15) is 0 Å².